The van der Waals surface area contributed by atoms with Gasteiger partial charge in [-0.05, 0) is 60.0 Å². The van der Waals surface area contributed by atoms with E-state index in [0.29, 0.717) is 17.1 Å². The predicted octanol–water partition coefficient (Wildman–Crippen LogP) is 6.61. The monoisotopic (exact) mass is 482 g/mol. The van der Waals surface area contributed by atoms with Gasteiger partial charge in [0.05, 0.1) is 19.0 Å². The van der Waals surface area contributed by atoms with Crippen LogP contribution in [0, 0.1) is 0 Å². The highest BCUT2D eigenvalue weighted by Crippen LogP contribution is 2.22. The van der Waals surface area contributed by atoms with Gasteiger partial charge in [0.15, 0.2) is 0 Å². The molecule has 1 N–H and O–H groups in total. The van der Waals surface area contributed by atoms with Gasteiger partial charge in [-0.2, -0.15) is 0 Å². The molecular formula is C30H27ClN2O2. The molecule has 0 spiro atoms. The number of anilines is 1. The third kappa shape index (κ3) is 6.58. The van der Waals surface area contributed by atoms with E-state index in [4.69, 9.17) is 11.6 Å². The Labute approximate surface area is 211 Å². The topological polar surface area (TPSA) is 49.4 Å². The highest BCUT2D eigenvalue weighted by molar-refractivity contribution is 6.30. The van der Waals surface area contributed by atoms with Crippen molar-refractivity contribution in [2.24, 2.45) is 0 Å². The van der Waals surface area contributed by atoms with Crippen LogP contribution in [-0.4, -0.2) is 11.8 Å². The van der Waals surface area contributed by atoms with Crippen LogP contribution in [0.4, 0.5) is 5.69 Å². The third-order valence-electron chi connectivity index (χ3n) is 5.81. The number of hydrogen-bond acceptors (Lipinski definition) is 2. The van der Waals surface area contributed by atoms with Crippen LogP contribution in [0.25, 0.3) is 0 Å². The molecule has 0 bridgehead atoms. The standard InChI is InChI=1S/C30H27ClN2O2/c1-22(25-10-6-3-7-11-25)32-29(34)20-23-12-18-28(19-13-23)33(21-24-8-4-2-5-9-24)30(35)26-14-16-27(31)17-15-26/h2-19,22H,20-21H2,1H3,(H,32,34)/t22-/m1/s1. The van der Waals surface area contributed by atoms with Crippen LogP contribution in [0.15, 0.2) is 109 Å². The zero-order chi connectivity index (χ0) is 24.6. The van der Waals surface area contributed by atoms with Crippen molar-refractivity contribution in [3.63, 3.8) is 0 Å². The highest BCUT2D eigenvalue weighted by Gasteiger charge is 2.19. The number of benzene rings is 4. The average molecular weight is 483 g/mol. The Balaban J connectivity index is 1.49. The average Bonchev–Trinajstić information content (AvgIpc) is 2.89. The number of nitrogens with zero attached hydrogens (tertiary/aromatic N) is 1. The van der Waals surface area contributed by atoms with E-state index in [-0.39, 0.29) is 24.3 Å². The van der Waals surface area contributed by atoms with Gasteiger partial charge in [-0.1, -0.05) is 84.4 Å². The SMILES string of the molecule is C[C@@H](NC(=O)Cc1ccc(N(Cc2ccccc2)C(=O)c2ccc(Cl)cc2)cc1)c1ccccc1. The van der Waals surface area contributed by atoms with Crippen LogP contribution in [0.5, 0.6) is 0 Å². The van der Waals surface area contributed by atoms with Crippen LogP contribution in [-0.2, 0) is 17.8 Å². The van der Waals surface area contributed by atoms with Gasteiger partial charge in [0, 0.05) is 16.3 Å². The van der Waals surface area contributed by atoms with Gasteiger partial charge in [-0.3, -0.25) is 9.59 Å². The van der Waals surface area contributed by atoms with Crippen molar-refractivity contribution in [2.45, 2.75) is 25.9 Å². The van der Waals surface area contributed by atoms with Crippen molar-refractivity contribution in [2.75, 3.05) is 4.90 Å². The van der Waals surface area contributed by atoms with Crippen LogP contribution in [0.3, 0.4) is 0 Å². The molecule has 0 heterocycles. The lowest BCUT2D eigenvalue weighted by molar-refractivity contribution is -0.121. The Morgan fingerprint density at radius 1 is 0.771 bits per heavy atom. The van der Waals surface area contributed by atoms with Gasteiger partial charge in [0.25, 0.3) is 5.91 Å². The molecule has 0 saturated heterocycles. The minimum Gasteiger partial charge on any atom is -0.349 e. The second kappa shape index (κ2) is 11.5. The Bertz CT molecular complexity index is 1260. The molecule has 0 saturated carbocycles. The molecule has 4 nitrogen and oxygen atoms in total. The van der Waals surface area contributed by atoms with E-state index < -0.39 is 0 Å². The summed E-state index contributed by atoms with van der Waals surface area (Å²) in [5, 5.41) is 3.63. The van der Waals surface area contributed by atoms with Crippen molar-refractivity contribution in [1.29, 1.82) is 0 Å². The van der Waals surface area contributed by atoms with Crippen molar-refractivity contribution < 1.29 is 9.59 Å². The van der Waals surface area contributed by atoms with Crippen LogP contribution in [0.2, 0.25) is 5.02 Å². The molecule has 2 amide bonds. The zero-order valence-electron chi connectivity index (χ0n) is 19.5. The molecule has 0 radical (unpaired) electrons. The summed E-state index contributed by atoms with van der Waals surface area (Å²) in [4.78, 5) is 27.7. The van der Waals surface area contributed by atoms with Crippen molar-refractivity contribution in [3.8, 4) is 0 Å². The molecule has 0 fully saturated rings. The van der Waals surface area contributed by atoms with Gasteiger partial charge in [0.2, 0.25) is 5.91 Å². The van der Waals surface area contributed by atoms with Gasteiger partial charge in [-0.15, -0.1) is 0 Å². The highest BCUT2D eigenvalue weighted by atomic mass is 35.5. The molecule has 5 heteroatoms. The minimum atomic E-state index is -0.118. The summed E-state index contributed by atoms with van der Waals surface area (Å²) in [6.45, 7) is 2.40. The molecule has 176 valence electrons. The molecule has 4 rings (SSSR count). The number of hydrogen-bond donors (Lipinski definition) is 1. The summed E-state index contributed by atoms with van der Waals surface area (Å²) >= 11 is 6.01. The summed E-state index contributed by atoms with van der Waals surface area (Å²) in [7, 11) is 0. The molecule has 4 aromatic rings. The Hall–Kier alpha value is -3.89. The first kappa shape index (κ1) is 24.2. The summed E-state index contributed by atoms with van der Waals surface area (Å²) in [6, 6.07) is 34.1. The quantitative estimate of drug-likeness (QED) is 0.307. The fourth-order valence-corrected chi connectivity index (χ4v) is 4.02. The van der Waals surface area contributed by atoms with Gasteiger partial charge >= 0.3 is 0 Å². The van der Waals surface area contributed by atoms with E-state index in [0.717, 1.165) is 22.4 Å². The van der Waals surface area contributed by atoms with E-state index in [2.05, 4.69) is 5.32 Å². The second-order valence-electron chi connectivity index (χ2n) is 8.43. The smallest absolute Gasteiger partial charge is 0.258 e. The molecule has 1 atom stereocenters. The molecular weight excluding hydrogens is 456 g/mol. The number of carbonyl (C=O) groups is 2. The first-order valence-electron chi connectivity index (χ1n) is 11.5. The van der Waals surface area contributed by atoms with Crippen molar-refractivity contribution in [3.05, 3.63) is 136 Å². The molecule has 0 aliphatic heterocycles. The molecule has 0 aromatic heterocycles. The zero-order valence-corrected chi connectivity index (χ0v) is 20.3. The van der Waals surface area contributed by atoms with Gasteiger partial charge in [-0.25, -0.2) is 0 Å². The van der Waals surface area contributed by atoms with Crippen molar-refractivity contribution >= 4 is 29.1 Å². The van der Waals surface area contributed by atoms with Gasteiger partial charge < -0.3 is 10.2 Å². The lowest BCUT2D eigenvalue weighted by Gasteiger charge is -2.23. The molecule has 4 aromatic carbocycles. The number of amides is 2. The molecule has 0 aliphatic carbocycles. The van der Waals surface area contributed by atoms with Crippen LogP contribution < -0.4 is 10.2 Å². The minimum absolute atomic E-state index is 0.0486. The third-order valence-corrected chi connectivity index (χ3v) is 6.06. The van der Waals surface area contributed by atoms with E-state index in [1.54, 1.807) is 29.2 Å². The number of rotatable bonds is 8. The number of carbonyl (C=O) groups excluding carboxylic acids is 2. The largest absolute Gasteiger partial charge is 0.349 e. The van der Waals surface area contributed by atoms with Gasteiger partial charge in [0.1, 0.15) is 0 Å². The maximum absolute atomic E-state index is 13.4. The normalized spacial score (nSPS) is 11.5. The number of nitrogens with one attached hydrogen (secondary N) is 1. The van der Waals surface area contributed by atoms with Crippen molar-refractivity contribution in [1.82, 2.24) is 5.32 Å². The maximum atomic E-state index is 13.4. The molecule has 35 heavy (non-hydrogen) atoms. The number of halogens is 1. The van der Waals surface area contributed by atoms with E-state index in [1.165, 1.54) is 0 Å². The predicted molar refractivity (Wildman–Crippen MR) is 142 cm³/mol. The summed E-state index contributed by atoms with van der Waals surface area (Å²) in [5.41, 5.74) is 4.28. The first-order chi connectivity index (χ1) is 17.0. The van der Waals surface area contributed by atoms with Crippen LogP contribution in [0.1, 0.15) is 40.0 Å². The second-order valence-corrected chi connectivity index (χ2v) is 8.86. The maximum Gasteiger partial charge on any atom is 0.258 e. The van der Waals surface area contributed by atoms with E-state index in [1.807, 2.05) is 91.9 Å². The summed E-state index contributed by atoms with van der Waals surface area (Å²) in [6.07, 6.45) is 0.265. The Morgan fingerprint density at radius 3 is 2.00 bits per heavy atom. The molecule has 0 aliphatic rings. The Kier molecular flexibility index (Phi) is 7.96. The Morgan fingerprint density at radius 2 is 1.37 bits per heavy atom. The fourth-order valence-electron chi connectivity index (χ4n) is 3.89. The first-order valence-corrected chi connectivity index (χ1v) is 11.9. The van der Waals surface area contributed by atoms with E-state index in [9.17, 15) is 9.59 Å². The summed E-state index contributed by atoms with van der Waals surface area (Å²) < 4.78 is 0. The molecule has 0 unspecified atom stereocenters. The fraction of sp³-hybridized carbons (Fsp3) is 0.133. The van der Waals surface area contributed by atoms with Crippen LogP contribution >= 0.6 is 11.6 Å². The van der Waals surface area contributed by atoms with E-state index >= 15 is 0 Å². The summed E-state index contributed by atoms with van der Waals surface area (Å²) in [5.74, 6) is -0.166. The lowest BCUT2D eigenvalue weighted by Crippen LogP contribution is -2.30. The lowest BCUT2D eigenvalue weighted by atomic mass is 10.1.